The molecular weight excluding hydrogens is 226 g/mol. The van der Waals surface area contributed by atoms with Crippen molar-refractivity contribution in [2.75, 3.05) is 5.32 Å². The molecule has 0 spiro atoms. The van der Waals surface area contributed by atoms with Crippen molar-refractivity contribution in [3.05, 3.63) is 34.7 Å². The fourth-order valence-electron chi connectivity index (χ4n) is 1.18. The fourth-order valence-corrected chi connectivity index (χ4v) is 1.86. The van der Waals surface area contributed by atoms with Crippen molar-refractivity contribution in [1.29, 1.82) is 0 Å². The number of thiazole rings is 1. The van der Waals surface area contributed by atoms with Gasteiger partial charge in [0.05, 0.1) is 12.2 Å². The predicted octanol–water partition coefficient (Wildman–Crippen LogP) is 1.76. The lowest BCUT2D eigenvalue weighted by molar-refractivity contribution is 0.0995. The maximum atomic E-state index is 11.7. The molecule has 0 aliphatic carbocycles. The second-order valence-corrected chi connectivity index (χ2v) is 4.08. The zero-order valence-electron chi connectivity index (χ0n) is 8.69. The number of carbonyl (C=O) groups is 1. The first-order valence-electron chi connectivity index (χ1n) is 4.71. The Hall–Kier alpha value is -1.66. The SMILES string of the molecule is Cc1csc(NC(=O)c2ccc(CN)o2)n1. The van der Waals surface area contributed by atoms with Gasteiger partial charge in [0.15, 0.2) is 10.9 Å². The van der Waals surface area contributed by atoms with Gasteiger partial charge in [0.1, 0.15) is 5.76 Å². The molecule has 0 unspecified atom stereocenters. The summed E-state index contributed by atoms with van der Waals surface area (Å²) in [5.74, 6) is 0.517. The summed E-state index contributed by atoms with van der Waals surface area (Å²) in [5.41, 5.74) is 6.26. The van der Waals surface area contributed by atoms with Crippen molar-refractivity contribution < 1.29 is 9.21 Å². The van der Waals surface area contributed by atoms with E-state index in [1.807, 2.05) is 12.3 Å². The van der Waals surface area contributed by atoms with Crippen molar-refractivity contribution in [2.24, 2.45) is 5.73 Å². The molecule has 6 heteroatoms. The lowest BCUT2D eigenvalue weighted by Crippen LogP contribution is -2.10. The first kappa shape index (κ1) is 10.8. The molecule has 2 heterocycles. The molecule has 2 rings (SSSR count). The third-order valence-electron chi connectivity index (χ3n) is 1.93. The number of carbonyl (C=O) groups excluding carboxylic acids is 1. The van der Waals surface area contributed by atoms with Crippen molar-refractivity contribution >= 4 is 22.4 Å². The minimum absolute atomic E-state index is 0.244. The quantitative estimate of drug-likeness (QED) is 0.852. The van der Waals surface area contributed by atoms with Crippen molar-refractivity contribution in [2.45, 2.75) is 13.5 Å². The summed E-state index contributed by atoms with van der Waals surface area (Å²) in [6.07, 6.45) is 0. The number of hydrogen-bond donors (Lipinski definition) is 2. The third-order valence-corrected chi connectivity index (χ3v) is 2.80. The zero-order valence-corrected chi connectivity index (χ0v) is 9.50. The van der Waals surface area contributed by atoms with Gasteiger partial charge in [0, 0.05) is 5.38 Å². The molecule has 0 saturated heterocycles. The van der Waals surface area contributed by atoms with E-state index in [9.17, 15) is 4.79 Å². The lowest BCUT2D eigenvalue weighted by atomic mass is 10.4. The molecule has 5 nitrogen and oxygen atoms in total. The normalized spacial score (nSPS) is 10.4. The average molecular weight is 237 g/mol. The monoisotopic (exact) mass is 237 g/mol. The molecule has 1 amide bonds. The number of furan rings is 1. The number of anilines is 1. The van der Waals surface area contributed by atoms with E-state index in [4.69, 9.17) is 10.2 Å². The van der Waals surface area contributed by atoms with Crippen LogP contribution in [0.3, 0.4) is 0 Å². The van der Waals surface area contributed by atoms with Gasteiger partial charge in [-0.2, -0.15) is 0 Å². The topological polar surface area (TPSA) is 81.2 Å². The van der Waals surface area contributed by atoms with Crippen LogP contribution in [0.25, 0.3) is 0 Å². The number of nitrogens with zero attached hydrogens (tertiary/aromatic N) is 1. The standard InChI is InChI=1S/C10H11N3O2S/c1-6-5-16-10(12-6)13-9(14)8-3-2-7(4-11)15-8/h2-3,5H,4,11H2,1H3,(H,12,13,14). The minimum Gasteiger partial charge on any atom is -0.455 e. The molecular formula is C10H11N3O2S. The highest BCUT2D eigenvalue weighted by molar-refractivity contribution is 7.13. The van der Waals surface area contributed by atoms with E-state index < -0.39 is 0 Å². The maximum absolute atomic E-state index is 11.7. The summed E-state index contributed by atoms with van der Waals surface area (Å²) in [5, 5.41) is 5.08. The van der Waals surface area contributed by atoms with E-state index in [0.29, 0.717) is 10.9 Å². The molecule has 0 aromatic carbocycles. The van der Waals surface area contributed by atoms with Gasteiger partial charge in [-0.1, -0.05) is 0 Å². The van der Waals surface area contributed by atoms with Crippen LogP contribution in [0, 0.1) is 6.92 Å². The second kappa shape index (κ2) is 4.46. The van der Waals surface area contributed by atoms with E-state index in [0.717, 1.165) is 5.69 Å². The van der Waals surface area contributed by atoms with E-state index in [1.165, 1.54) is 11.3 Å². The van der Waals surface area contributed by atoms with Gasteiger partial charge in [0.2, 0.25) is 0 Å². The molecule has 0 saturated carbocycles. The molecule has 2 aromatic rings. The predicted molar refractivity (Wildman–Crippen MR) is 61.4 cm³/mol. The van der Waals surface area contributed by atoms with Crippen molar-refractivity contribution in [3.8, 4) is 0 Å². The van der Waals surface area contributed by atoms with Crippen LogP contribution in [-0.4, -0.2) is 10.9 Å². The van der Waals surface area contributed by atoms with Crippen LogP contribution < -0.4 is 11.1 Å². The van der Waals surface area contributed by atoms with Gasteiger partial charge in [0.25, 0.3) is 5.91 Å². The Morgan fingerprint density at radius 1 is 1.62 bits per heavy atom. The molecule has 0 radical (unpaired) electrons. The van der Waals surface area contributed by atoms with E-state index >= 15 is 0 Å². The van der Waals surface area contributed by atoms with E-state index in [1.54, 1.807) is 12.1 Å². The molecule has 16 heavy (non-hydrogen) atoms. The Morgan fingerprint density at radius 2 is 2.44 bits per heavy atom. The van der Waals surface area contributed by atoms with Crippen LogP contribution in [0.15, 0.2) is 21.9 Å². The van der Waals surface area contributed by atoms with Gasteiger partial charge in [-0.05, 0) is 19.1 Å². The molecule has 84 valence electrons. The molecule has 0 atom stereocenters. The molecule has 0 fully saturated rings. The highest BCUT2D eigenvalue weighted by Gasteiger charge is 2.12. The Labute approximate surface area is 96.3 Å². The Kier molecular flexibility index (Phi) is 3.02. The molecule has 3 N–H and O–H groups in total. The zero-order chi connectivity index (χ0) is 11.5. The largest absolute Gasteiger partial charge is 0.455 e. The number of aryl methyl sites for hydroxylation is 1. The molecule has 0 aliphatic heterocycles. The summed E-state index contributed by atoms with van der Waals surface area (Å²) in [6, 6.07) is 3.28. The summed E-state index contributed by atoms with van der Waals surface area (Å²) in [7, 11) is 0. The molecule has 0 bridgehead atoms. The summed E-state index contributed by atoms with van der Waals surface area (Å²) in [6.45, 7) is 2.15. The lowest BCUT2D eigenvalue weighted by Gasteiger charge is -1.97. The van der Waals surface area contributed by atoms with E-state index in [2.05, 4.69) is 10.3 Å². The summed E-state index contributed by atoms with van der Waals surface area (Å²) < 4.78 is 5.21. The van der Waals surface area contributed by atoms with Crippen LogP contribution in [0.1, 0.15) is 22.0 Å². The first-order chi connectivity index (χ1) is 7.69. The summed E-state index contributed by atoms with van der Waals surface area (Å²) in [4.78, 5) is 15.8. The van der Waals surface area contributed by atoms with Crippen LogP contribution in [0.4, 0.5) is 5.13 Å². The number of aromatic nitrogens is 1. The highest BCUT2D eigenvalue weighted by Crippen LogP contribution is 2.16. The van der Waals surface area contributed by atoms with Crippen molar-refractivity contribution in [3.63, 3.8) is 0 Å². The average Bonchev–Trinajstić information content (AvgIpc) is 2.87. The Balaban J connectivity index is 2.08. The van der Waals surface area contributed by atoms with Gasteiger partial charge in [-0.15, -0.1) is 11.3 Å². The van der Waals surface area contributed by atoms with Gasteiger partial charge in [-0.25, -0.2) is 4.98 Å². The Morgan fingerprint density at radius 3 is 3.00 bits per heavy atom. The molecule has 2 aromatic heterocycles. The Bertz CT molecular complexity index is 504. The van der Waals surface area contributed by atoms with Crippen LogP contribution in [-0.2, 0) is 6.54 Å². The highest BCUT2D eigenvalue weighted by atomic mass is 32.1. The van der Waals surface area contributed by atoms with Crippen LogP contribution >= 0.6 is 11.3 Å². The molecule has 0 aliphatic rings. The van der Waals surface area contributed by atoms with Gasteiger partial charge in [-0.3, -0.25) is 10.1 Å². The smallest absolute Gasteiger partial charge is 0.293 e. The van der Waals surface area contributed by atoms with Crippen molar-refractivity contribution in [1.82, 2.24) is 4.98 Å². The van der Waals surface area contributed by atoms with Crippen LogP contribution in [0.5, 0.6) is 0 Å². The van der Waals surface area contributed by atoms with Gasteiger partial charge >= 0.3 is 0 Å². The summed E-state index contributed by atoms with van der Waals surface area (Å²) >= 11 is 1.38. The number of hydrogen-bond acceptors (Lipinski definition) is 5. The first-order valence-corrected chi connectivity index (χ1v) is 5.59. The fraction of sp³-hybridized carbons (Fsp3) is 0.200. The number of nitrogens with one attached hydrogen (secondary N) is 1. The minimum atomic E-state index is -0.311. The van der Waals surface area contributed by atoms with E-state index in [-0.39, 0.29) is 18.2 Å². The number of nitrogens with two attached hydrogens (primary N) is 1. The number of amides is 1. The van der Waals surface area contributed by atoms with Crippen LogP contribution in [0.2, 0.25) is 0 Å². The maximum Gasteiger partial charge on any atom is 0.293 e. The second-order valence-electron chi connectivity index (χ2n) is 3.22. The number of rotatable bonds is 3. The van der Waals surface area contributed by atoms with Gasteiger partial charge < -0.3 is 10.2 Å². The third kappa shape index (κ3) is 2.29.